The summed E-state index contributed by atoms with van der Waals surface area (Å²) >= 11 is 0. The molecular weight excluding hydrogens is 590 g/mol. The highest BCUT2D eigenvalue weighted by molar-refractivity contribution is 5.32. The summed E-state index contributed by atoms with van der Waals surface area (Å²) in [7, 11) is 0. The van der Waals surface area contributed by atoms with Crippen molar-refractivity contribution in [1.29, 1.82) is 0 Å². The topological polar surface area (TPSA) is 18.5 Å². The minimum absolute atomic E-state index is 0.0636. The molecule has 3 aliphatic carbocycles. The van der Waals surface area contributed by atoms with Gasteiger partial charge in [0.05, 0.1) is 5.92 Å². The van der Waals surface area contributed by atoms with E-state index in [4.69, 9.17) is 4.74 Å². The Hall–Kier alpha value is -2.38. The van der Waals surface area contributed by atoms with Gasteiger partial charge >= 0.3 is 12.5 Å². The quantitative estimate of drug-likeness (QED) is 0.180. The zero-order chi connectivity index (χ0) is 32.0. The molecule has 8 heteroatoms. The molecule has 2 aromatic rings. The van der Waals surface area contributed by atoms with Gasteiger partial charge in [-0.05, 0) is 148 Å². The van der Waals surface area contributed by atoms with Crippen LogP contribution in [0.1, 0.15) is 133 Å². The molecular formula is C37H48F6O2. The van der Waals surface area contributed by atoms with Crippen LogP contribution >= 0.6 is 0 Å². The van der Waals surface area contributed by atoms with E-state index < -0.39 is 24.1 Å². The second kappa shape index (κ2) is 15.0. The van der Waals surface area contributed by atoms with Crippen LogP contribution in [-0.2, 0) is 0 Å². The summed E-state index contributed by atoms with van der Waals surface area (Å²) in [5.41, 5.74) is 1.99. The lowest BCUT2D eigenvalue weighted by Crippen LogP contribution is -2.38. The molecule has 0 heterocycles. The van der Waals surface area contributed by atoms with Gasteiger partial charge < -0.3 is 9.47 Å². The zero-order valence-corrected chi connectivity index (χ0v) is 26.4. The highest BCUT2D eigenvalue weighted by Gasteiger charge is 2.45. The Balaban J connectivity index is 1.05. The van der Waals surface area contributed by atoms with Crippen molar-refractivity contribution in [2.75, 3.05) is 0 Å². The first-order valence-corrected chi connectivity index (χ1v) is 17.2. The summed E-state index contributed by atoms with van der Waals surface area (Å²) in [6.45, 7) is 2.25. The molecule has 45 heavy (non-hydrogen) atoms. The third kappa shape index (κ3) is 9.34. The van der Waals surface area contributed by atoms with Gasteiger partial charge in [0.15, 0.2) is 0 Å². The molecule has 0 amide bonds. The van der Waals surface area contributed by atoms with E-state index in [1.165, 1.54) is 38.5 Å². The van der Waals surface area contributed by atoms with E-state index >= 15 is 4.39 Å². The van der Waals surface area contributed by atoms with Gasteiger partial charge in [-0.3, -0.25) is 0 Å². The normalized spacial score (nSPS) is 28.1. The predicted molar refractivity (Wildman–Crippen MR) is 164 cm³/mol. The Morgan fingerprint density at radius 3 is 1.76 bits per heavy atom. The molecule has 3 saturated carbocycles. The summed E-state index contributed by atoms with van der Waals surface area (Å²) < 4.78 is 91.1. The van der Waals surface area contributed by atoms with Gasteiger partial charge in [0.1, 0.15) is 17.3 Å². The summed E-state index contributed by atoms with van der Waals surface area (Å²) in [5, 5.41) is 0. The molecule has 0 radical (unpaired) electrons. The number of ether oxygens (including phenoxy) is 2. The third-order valence-corrected chi connectivity index (χ3v) is 11.0. The van der Waals surface area contributed by atoms with Crippen molar-refractivity contribution in [3.8, 4) is 11.5 Å². The number of rotatable bonds is 11. The van der Waals surface area contributed by atoms with Crippen molar-refractivity contribution in [2.24, 2.45) is 23.7 Å². The first-order chi connectivity index (χ1) is 21.5. The van der Waals surface area contributed by atoms with E-state index in [1.807, 2.05) is 6.07 Å². The Morgan fingerprint density at radius 2 is 1.20 bits per heavy atom. The van der Waals surface area contributed by atoms with Crippen LogP contribution in [0.4, 0.5) is 26.3 Å². The number of unbranched alkanes of at least 4 members (excludes halogenated alkanes) is 2. The third-order valence-electron chi connectivity index (χ3n) is 11.0. The maximum Gasteiger partial charge on any atom is 0.573 e. The van der Waals surface area contributed by atoms with Crippen molar-refractivity contribution in [3.05, 3.63) is 59.4 Å². The van der Waals surface area contributed by atoms with Crippen LogP contribution < -0.4 is 9.47 Å². The minimum Gasteiger partial charge on any atom is -0.432 e. The number of hydrogen-bond acceptors (Lipinski definition) is 2. The van der Waals surface area contributed by atoms with Gasteiger partial charge in [0.25, 0.3) is 0 Å². The Morgan fingerprint density at radius 1 is 0.644 bits per heavy atom. The van der Waals surface area contributed by atoms with Crippen molar-refractivity contribution in [1.82, 2.24) is 0 Å². The van der Waals surface area contributed by atoms with E-state index in [0.29, 0.717) is 43.4 Å². The molecule has 0 N–H and O–H groups in total. The molecule has 250 valence electrons. The van der Waals surface area contributed by atoms with Crippen molar-refractivity contribution in [3.63, 3.8) is 0 Å². The monoisotopic (exact) mass is 638 g/mol. The summed E-state index contributed by atoms with van der Waals surface area (Å²) in [5.74, 6) is 0.673. The van der Waals surface area contributed by atoms with Crippen molar-refractivity contribution >= 4 is 0 Å². The molecule has 0 aliphatic heterocycles. The zero-order valence-electron chi connectivity index (χ0n) is 26.4. The lowest BCUT2D eigenvalue weighted by atomic mass is 9.68. The molecule has 0 unspecified atom stereocenters. The highest BCUT2D eigenvalue weighted by Crippen LogP contribution is 2.47. The molecule has 5 rings (SSSR count). The van der Waals surface area contributed by atoms with Gasteiger partial charge in [0, 0.05) is 0 Å². The summed E-state index contributed by atoms with van der Waals surface area (Å²) in [4.78, 5) is 0. The molecule has 2 aromatic carbocycles. The highest BCUT2D eigenvalue weighted by atomic mass is 19.4. The fraction of sp³-hybridized carbons (Fsp3) is 0.676. The average Bonchev–Trinajstić information content (AvgIpc) is 3.02. The second-order valence-electron chi connectivity index (χ2n) is 13.9. The fourth-order valence-corrected chi connectivity index (χ4v) is 8.37. The van der Waals surface area contributed by atoms with Crippen LogP contribution in [0.5, 0.6) is 11.5 Å². The average molecular weight is 639 g/mol. The maximum absolute atomic E-state index is 15.4. The lowest BCUT2D eigenvalue weighted by Gasteiger charge is -2.39. The minimum atomic E-state index is -4.85. The Kier molecular flexibility index (Phi) is 11.3. The fourth-order valence-electron chi connectivity index (χ4n) is 8.37. The number of alkyl halides is 5. The number of hydrogen-bond donors (Lipinski definition) is 0. The molecule has 0 saturated heterocycles. The van der Waals surface area contributed by atoms with Crippen LogP contribution in [0.2, 0.25) is 0 Å². The molecule has 0 aromatic heterocycles. The van der Waals surface area contributed by atoms with Gasteiger partial charge in [0.2, 0.25) is 0 Å². The summed E-state index contributed by atoms with van der Waals surface area (Å²) in [6.07, 6.45) is 7.72. The van der Waals surface area contributed by atoms with Crippen LogP contribution in [0.3, 0.4) is 0 Å². The second-order valence-corrected chi connectivity index (χ2v) is 13.9. The SMILES string of the molecule is CCCCCC1CCC(c2ccc(C3CCC(C4CCC(C(F)(F)Oc5ccc(OC(F)(F)F)cc5)CC4)CC3)c(F)c2)CC1. The van der Waals surface area contributed by atoms with E-state index in [1.54, 1.807) is 6.07 Å². The van der Waals surface area contributed by atoms with Crippen molar-refractivity contribution in [2.45, 2.75) is 134 Å². The van der Waals surface area contributed by atoms with E-state index in [2.05, 4.69) is 17.7 Å². The first kappa shape index (κ1) is 34.0. The van der Waals surface area contributed by atoms with Crippen LogP contribution in [0.15, 0.2) is 42.5 Å². The Labute approximate surface area is 264 Å². The Bertz CT molecular complexity index is 1190. The molecule has 0 spiro atoms. The lowest BCUT2D eigenvalue weighted by molar-refractivity contribution is -0.274. The van der Waals surface area contributed by atoms with E-state index in [0.717, 1.165) is 79.8 Å². The van der Waals surface area contributed by atoms with Gasteiger partial charge in [-0.25, -0.2) is 4.39 Å². The maximum atomic E-state index is 15.4. The molecule has 2 nitrogen and oxygen atoms in total. The molecule has 0 atom stereocenters. The van der Waals surface area contributed by atoms with Crippen LogP contribution in [0, 0.1) is 29.5 Å². The molecule has 3 aliphatic rings. The van der Waals surface area contributed by atoms with Gasteiger partial charge in [-0.15, -0.1) is 13.2 Å². The number of halogens is 6. The van der Waals surface area contributed by atoms with Crippen molar-refractivity contribution < 1.29 is 35.8 Å². The smallest absolute Gasteiger partial charge is 0.432 e. The first-order valence-electron chi connectivity index (χ1n) is 17.2. The van der Waals surface area contributed by atoms with Crippen LogP contribution in [0.25, 0.3) is 0 Å². The largest absolute Gasteiger partial charge is 0.573 e. The van der Waals surface area contributed by atoms with E-state index in [-0.39, 0.29) is 17.5 Å². The predicted octanol–water partition coefficient (Wildman–Crippen LogP) is 12.3. The van der Waals surface area contributed by atoms with Gasteiger partial charge in [-0.1, -0.05) is 44.7 Å². The van der Waals surface area contributed by atoms with E-state index in [9.17, 15) is 22.0 Å². The standard InChI is InChI=1S/C37H48F6O2/c1-2-3-4-5-25-6-8-28(9-7-25)30-16-23-34(35(38)24-30)29-12-10-26(11-13-29)27-14-17-31(18-15-27)36(39,40)44-32-19-21-33(22-20-32)45-37(41,42)43/h16,19-29,31H,2-15,17-18H2,1H3. The summed E-state index contributed by atoms with van der Waals surface area (Å²) in [6, 6.07) is 10.1. The van der Waals surface area contributed by atoms with Crippen LogP contribution in [-0.4, -0.2) is 12.5 Å². The van der Waals surface area contributed by atoms with Gasteiger partial charge in [-0.2, -0.15) is 8.78 Å². The molecule has 0 bridgehead atoms. The molecule has 3 fully saturated rings. The number of benzene rings is 2.